The average Bonchev–Trinajstić information content (AvgIpc) is 3.18. The summed E-state index contributed by atoms with van der Waals surface area (Å²) in [5, 5.41) is 3.04. The highest BCUT2D eigenvalue weighted by atomic mass is 19.1. The van der Waals surface area contributed by atoms with Crippen molar-refractivity contribution < 1.29 is 9.18 Å². The predicted molar refractivity (Wildman–Crippen MR) is 74.4 cm³/mol. The molecule has 1 saturated carbocycles. The molecule has 2 rings (SSSR count). The standard InChI is InChI=1S/C16H22FNO/c1-3-16(8-9-16)11-18-15(19)10-12(2)13-4-6-14(17)7-5-13/h4-7,12H,3,8-11H2,1-2H3,(H,18,19)/t12-/m1/s1. The summed E-state index contributed by atoms with van der Waals surface area (Å²) in [7, 11) is 0. The quantitative estimate of drug-likeness (QED) is 0.834. The van der Waals surface area contributed by atoms with Crippen LogP contribution in [0.25, 0.3) is 0 Å². The molecule has 0 radical (unpaired) electrons. The van der Waals surface area contributed by atoms with Crippen molar-refractivity contribution in [3.05, 3.63) is 35.6 Å². The molecule has 1 aliphatic carbocycles. The van der Waals surface area contributed by atoms with E-state index in [2.05, 4.69) is 12.2 Å². The highest BCUT2D eigenvalue weighted by Gasteiger charge is 2.40. The van der Waals surface area contributed by atoms with Gasteiger partial charge in [0, 0.05) is 13.0 Å². The Morgan fingerprint density at radius 2 is 2.00 bits per heavy atom. The molecule has 0 bridgehead atoms. The number of carbonyl (C=O) groups is 1. The predicted octanol–water partition coefficient (Wildman–Crippen LogP) is 3.63. The summed E-state index contributed by atoms with van der Waals surface area (Å²) in [6.45, 7) is 4.98. The lowest BCUT2D eigenvalue weighted by atomic mass is 9.97. The van der Waals surface area contributed by atoms with Crippen LogP contribution in [0, 0.1) is 11.2 Å². The van der Waals surface area contributed by atoms with Gasteiger partial charge in [0.1, 0.15) is 5.82 Å². The fourth-order valence-corrected chi connectivity index (χ4v) is 2.38. The SMILES string of the molecule is CCC1(CNC(=O)C[C@@H](C)c2ccc(F)cc2)CC1. The molecule has 19 heavy (non-hydrogen) atoms. The van der Waals surface area contributed by atoms with E-state index in [-0.39, 0.29) is 17.6 Å². The molecular formula is C16H22FNO. The molecule has 0 heterocycles. The van der Waals surface area contributed by atoms with E-state index in [0.717, 1.165) is 18.5 Å². The Bertz CT molecular complexity index is 437. The van der Waals surface area contributed by atoms with Gasteiger partial charge in [-0.2, -0.15) is 0 Å². The fourth-order valence-electron chi connectivity index (χ4n) is 2.38. The van der Waals surface area contributed by atoms with E-state index in [4.69, 9.17) is 0 Å². The van der Waals surface area contributed by atoms with Gasteiger partial charge >= 0.3 is 0 Å². The molecule has 0 spiro atoms. The minimum atomic E-state index is -0.237. The first kappa shape index (κ1) is 14.0. The van der Waals surface area contributed by atoms with Crippen LogP contribution in [0.15, 0.2) is 24.3 Å². The summed E-state index contributed by atoms with van der Waals surface area (Å²) in [6, 6.07) is 6.39. The van der Waals surface area contributed by atoms with E-state index in [1.54, 1.807) is 12.1 Å². The van der Waals surface area contributed by atoms with Crippen molar-refractivity contribution in [1.82, 2.24) is 5.32 Å². The molecule has 0 unspecified atom stereocenters. The second kappa shape index (κ2) is 5.72. The van der Waals surface area contributed by atoms with Gasteiger partial charge in [-0.3, -0.25) is 4.79 Å². The zero-order valence-electron chi connectivity index (χ0n) is 11.7. The van der Waals surface area contributed by atoms with Gasteiger partial charge < -0.3 is 5.32 Å². The molecular weight excluding hydrogens is 241 g/mol. The largest absolute Gasteiger partial charge is 0.356 e. The third-order valence-corrected chi connectivity index (χ3v) is 4.30. The van der Waals surface area contributed by atoms with Crippen molar-refractivity contribution in [3.63, 3.8) is 0 Å². The Morgan fingerprint density at radius 1 is 1.37 bits per heavy atom. The topological polar surface area (TPSA) is 29.1 Å². The summed E-state index contributed by atoms with van der Waals surface area (Å²) in [5.74, 6) is -0.0204. The highest BCUT2D eigenvalue weighted by molar-refractivity contribution is 5.76. The molecule has 0 aliphatic heterocycles. The van der Waals surface area contributed by atoms with Crippen molar-refractivity contribution >= 4 is 5.91 Å². The molecule has 0 saturated heterocycles. The molecule has 1 aromatic carbocycles. The van der Waals surface area contributed by atoms with Gasteiger partial charge in [0.2, 0.25) is 5.91 Å². The molecule has 104 valence electrons. The summed E-state index contributed by atoms with van der Waals surface area (Å²) < 4.78 is 12.8. The summed E-state index contributed by atoms with van der Waals surface area (Å²) in [4.78, 5) is 11.9. The Balaban J connectivity index is 1.80. The first-order valence-electron chi connectivity index (χ1n) is 7.07. The van der Waals surface area contributed by atoms with Gasteiger partial charge in [-0.25, -0.2) is 4.39 Å². The Kier molecular flexibility index (Phi) is 4.23. The normalized spacial score (nSPS) is 17.8. The number of hydrogen-bond donors (Lipinski definition) is 1. The third-order valence-electron chi connectivity index (χ3n) is 4.30. The van der Waals surface area contributed by atoms with Gasteiger partial charge in [0.05, 0.1) is 0 Å². The average molecular weight is 263 g/mol. The number of benzene rings is 1. The number of rotatable bonds is 6. The van der Waals surface area contributed by atoms with E-state index in [1.165, 1.54) is 25.0 Å². The lowest BCUT2D eigenvalue weighted by molar-refractivity contribution is -0.121. The molecule has 1 amide bonds. The van der Waals surface area contributed by atoms with Crippen LogP contribution < -0.4 is 5.32 Å². The van der Waals surface area contributed by atoms with Gasteiger partial charge in [-0.15, -0.1) is 0 Å². The lowest BCUT2D eigenvalue weighted by Crippen LogP contribution is -2.30. The maximum Gasteiger partial charge on any atom is 0.220 e. The van der Waals surface area contributed by atoms with Crippen LogP contribution in [-0.2, 0) is 4.79 Å². The van der Waals surface area contributed by atoms with Crippen molar-refractivity contribution in [1.29, 1.82) is 0 Å². The third kappa shape index (κ3) is 3.79. The molecule has 0 aromatic heterocycles. The first-order chi connectivity index (χ1) is 9.04. The van der Waals surface area contributed by atoms with E-state index >= 15 is 0 Å². The number of carbonyl (C=O) groups excluding carboxylic acids is 1. The smallest absolute Gasteiger partial charge is 0.220 e. The van der Waals surface area contributed by atoms with Crippen LogP contribution in [0.2, 0.25) is 0 Å². The maximum atomic E-state index is 12.8. The van der Waals surface area contributed by atoms with Crippen molar-refractivity contribution in [2.24, 2.45) is 5.41 Å². The zero-order chi connectivity index (χ0) is 13.9. The van der Waals surface area contributed by atoms with Crippen LogP contribution in [0.4, 0.5) is 4.39 Å². The lowest BCUT2D eigenvalue weighted by Gasteiger charge is -2.16. The molecule has 1 atom stereocenters. The minimum absolute atomic E-state index is 0.0940. The number of nitrogens with one attached hydrogen (secondary N) is 1. The maximum absolute atomic E-state index is 12.8. The minimum Gasteiger partial charge on any atom is -0.356 e. The molecule has 2 nitrogen and oxygen atoms in total. The van der Waals surface area contributed by atoms with Crippen LogP contribution in [0.5, 0.6) is 0 Å². The van der Waals surface area contributed by atoms with Gasteiger partial charge in [0.25, 0.3) is 0 Å². The van der Waals surface area contributed by atoms with Crippen LogP contribution in [0.1, 0.15) is 51.0 Å². The van der Waals surface area contributed by atoms with E-state index in [0.29, 0.717) is 11.8 Å². The van der Waals surface area contributed by atoms with Crippen LogP contribution >= 0.6 is 0 Å². The molecule has 1 aliphatic rings. The fraction of sp³-hybridized carbons (Fsp3) is 0.562. The van der Waals surface area contributed by atoms with Gasteiger partial charge in [0.15, 0.2) is 0 Å². The van der Waals surface area contributed by atoms with Crippen LogP contribution in [-0.4, -0.2) is 12.5 Å². The second-order valence-electron chi connectivity index (χ2n) is 5.79. The van der Waals surface area contributed by atoms with E-state index < -0.39 is 0 Å². The van der Waals surface area contributed by atoms with Crippen LogP contribution in [0.3, 0.4) is 0 Å². The van der Waals surface area contributed by atoms with Gasteiger partial charge in [-0.1, -0.05) is 26.0 Å². The molecule has 1 N–H and O–H groups in total. The summed E-state index contributed by atoms with van der Waals surface area (Å²) in [6.07, 6.45) is 4.07. The first-order valence-corrected chi connectivity index (χ1v) is 7.07. The number of halogens is 1. The molecule has 3 heteroatoms. The second-order valence-corrected chi connectivity index (χ2v) is 5.79. The Hall–Kier alpha value is -1.38. The number of hydrogen-bond acceptors (Lipinski definition) is 1. The monoisotopic (exact) mass is 263 g/mol. The highest BCUT2D eigenvalue weighted by Crippen LogP contribution is 2.47. The summed E-state index contributed by atoms with van der Waals surface area (Å²) in [5.41, 5.74) is 1.39. The zero-order valence-corrected chi connectivity index (χ0v) is 11.7. The molecule has 1 fully saturated rings. The molecule has 1 aromatic rings. The van der Waals surface area contributed by atoms with E-state index in [1.807, 2.05) is 6.92 Å². The Morgan fingerprint density at radius 3 is 2.53 bits per heavy atom. The Labute approximate surface area is 114 Å². The van der Waals surface area contributed by atoms with Gasteiger partial charge in [-0.05, 0) is 48.3 Å². The van der Waals surface area contributed by atoms with Crippen molar-refractivity contribution in [2.45, 2.75) is 45.4 Å². The van der Waals surface area contributed by atoms with Crippen molar-refractivity contribution in [3.8, 4) is 0 Å². The van der Waals surface area contributed by atoms with E-state index in [9.17, 15) is 9.18 Å². The van der Waals surface area contributed by atoms with Crippen molar-refractivity contribution in [2.75, 3.05) is 6.54 Å². The number of amides is 1. The summed E-state index contributed by atoms with van der Waals surface area (Å²) >= 11 is 0.